The summed E-state index contributed by atoms with van der Waals surface area (Å²) in [5.74, 6) is -0.875. The highest BCUT2D eigenvalue weighted by molar-refractivity contribution is 6.11. The predicted molar refractivity (Wildman–Crippen MR) is 106 cm³/mol. The Hall–Kier alpha value is -2.27. The number of benzene rings is 1. The lowest BCUT2D eigenvalue weighted by molar-refractivity contribution is -0.142. The summed E-state index contributed by atoms with van der Waals surface area (Å²) in [5, 5.41) is 0. The number of allylic oxidation sites excluding steroid dienone is 1. The summed E-state index contributed by atoms with van der Waals surface area (Å²) < 4.78 is 11.2. The molecule has 0 amide bonds. The lowest BCUT2D eigenvalue weighted by Gasteiger charge is -2.36. The second-order valence-corrected chi connectivity index (χ2v) is 7.97. The molecule has 28 heavy (non-hydrogen) atoms. The summed E-state index contributed by atoms with van der Waals surface area (Å²) in [5.41, 5.74) is 4.20. The van der Waals surface area contributed by atoms with Gasteiger partial charge in [0.25, 0.3) is 0 Å². The number of Topliss-reactive ketones (excluding diaryl/α,β-unsaturated/α-hetero) is 1. The lowest BCUT2D eigenvalue weighted by atomic mass is 9.69. The van der Waals surface area contributed by atoms with E-state index >= 15 is 0 Å². The minimum absolute atomic E-state index is 0.0271. The van der Waals surface area contributed by atoms with Gasteiger partial charge in [0, 0.05) is 30.4 Å². The van der Waals surface area contributed by atoms with Crippen LogP contribution in [0.2, 0.25) is 0 Å². The zero-order valence-electron chi connectivity index (χ0n) is 16.6. The van der Waals surface area contributed by atoms with Crippen molar-refractivity contribution in [2.75, 3.05) is 13.2 Å². The smallest absolute Gasteiger partial charge is 0.336 e. The Labute approximate surface area is 165 Å². The van der Waals surface area contributed by atoms with E-state index in [1.165, 1.54) is 0 Å². The number of aryl methyl sites for hydroxylation is 1. The third-order valence-electron chi connectivity index (χ3n) is 6.08. The molecule has 3 aliphatic rings. The summed E-state index contributed by atoms with van der Waals surface area (Å²) in [4.78, 5) is 30.7. The van der Waals surface area contributed by atoms with Crippen molar-refractivity contribution >= 4 is 17.5 Å². The summed E-state index contributed by atoms with van der Waals surface area (Å²) in [7, 11) is 0. The van der Waals surface area contributed by atoms with E-state index in [1.807, 2.05) is 38.1 Å². The molecule has 1 aromatic rings. The van der Waals surface area contributed by atoms with Gasteiger partial charge in [-0.1, -0.05) is 24.3 Å². The number of carbonyl (C=O) groups is 2. The third-order valence-corrected chi connectivity index (χ3v) is 6.08. The number of esters is 1. The van der Waals surface area contributed by atoms with Crippen molar-refractivity contribution in [1.82, 2.24) is 0 Å². The van der Waals surface area contributed by atoms with Gasteiger partial charge < -0.3 is 9.47 Å². The van der Waals surface area contributed by atoms with Crippen LogP contribution >= 0.6 is 0 Å². The van der Waals surface area contributed by atoms with Gasteiger partial charge >= 0.3 is 5.97 Å². The molecule has 4 rings (SSSR count). The number of fused-ring (bicyclic) bond motifs is 1. The first kappa shape index (κ1) is 19.1. The number of aliphatic imine (C=N–C) groups is 1. The minimum atomic E-state index is -0.373. The van der Waals surface area contributed by atoms with E-state index in [0.717, 1.165) is 49.1 Å². The Kier molecular flexibility index (Phi) is 5.44. The number of ketones is 1. The van der Waals surface area contributed by atoms with Crippen molar-refractivity contribution in [3.63, 3.8) is 0 Å². The zero-order chi connectivity index (χ0) is 19.7. The number of hydrogen-bond donors (Lipinski definition) is 0. The average Bonchev–Trinajstić information content (AvgIpc) is 3.19. The SMILES string of the molecule is CC1=C(C(=O)OC[C@H]2CCCO2)[C@H](c2ccccc2C)C2C(=O)CCCC2=N1. The van der Waals surface area contributed by atoms with Crippen LogP contribution < -0.4 is 0 Å². The Balaban J connectivity index is 1.71. The topological polar surface area (TPSA) is 65.0 Å². The van der Waals surface area contributed by atoms with Crippen LogP contribution in [0, 0.1) is 12.8 Å². The first-order valence-electron chi connectivity index (χ1n) is 10.2. The van der Waals surface area contributed by atoms with E-state index in [9.17, 15) is 9.59 Å². The van der Waals surface area contributed by atoms with Gasteiger partial charge in [0.2, 0.25) is 0 Å². The van der Waals surface area contributed by atoms with Crippen LogP contribution in [0.3, 0.4) is 0 Å². The van der Waals surface area contributed by atoms with E-state index in [4.69, 9.17) is 9.47 Å². The predicted octanol–water partition coefficient (Wildman–Crippen LogP) is 3.90. The van der Waals surface area contributed by atoms with Gasteiger partial charge in [-0.25, -0.2) is 4.79 Å². The van der Waals surface area contributed by atoms with Crippen LogP contribution in [-0.4, -0.2) is 36.8 Å². The van der Waals surface area contributed by atoms with E-state index < -0.39 is 0 Å². The van der Waals surface area contributed by atoms with Gasteiger partial charge in [0.05, 0.1) is 17.6 Å². The molecule has 5 nitrogen and oxygen atoms in total. The van der Waals surface area contributed by atoms with Gasteiger partial charge in [0.15, 0.2) is 0 Å². The molecule has 2 aliphatic heterocycles. The molecule has 3 atom stereocenters. The molecule has 1 saturated heterocycles. The normalized spacial score (nSPS) is 27.4. The Morgan fingerprint density at radius 3 is 2.75 bits per heavy atom. The van der Waals surface area contributed by atoms with Crippen LogP contribution in [0.5, 0.6) is 0 Å². The maximum absolute atomic E-state index is 13.1. The Bertz CT molecular complexity index is 848. The standard InChI is InChI=1S/C23H27NO4/c1-14-7-3-4-9-17(14)21-20(23(26)28-13-16-8-6-12-27-16)15(2)24-18-10-5-11-19(25)22(18)21/h3-4,7,9,16,21-22H,5-6,8,10-13H2,1-2H3/t16-,21+,22?/m1/s1. The van der Waals surface area contributed by atoms with Crippen LogP contribution in [0.25, 0.3) is 0 Å². The molecule has 0 radical (unpaired) electrons. The fourth-order valence-corrected chi connectivity index (χ4v) is 4.68. The number of carbonyl (C=O) groups excluding carboxylic acids is 2. The first-order valence-corrected chi connectivity index (χ1v) is 10.2. The molecule has 0 aromatic heterocycles. The van der Waals surface area contributed by atoms with E-state index in [1.54, 1.807) is 0 Å². The molecule has 1 aliphatic carbocycles. The van der Waals surface area contributed by atoms with Crippen molar-refractivity contribution in [3.05, 3.63) is 46.7 Å². The van der Waals surface area contributed by atoms with Gasteiger partial charge in [-0.2, -0.15) is 0 Å². The molecule has 0 spiro atoms. The van der Waals surface area contributed by atoms with E-state index in [2.05, 4.69) is 4.99 Å². The summed E-state index contributed by atoms with van der Waals surface area (Å²) in [6, 6.07) is 7.99. The van der Waals surface area contributed by atoms with Crippen molar-refractivity contribution in [2.45, 2.75) is 58.0 Å². The van der Waals surface area contributed by atoms with Gasteiger partial charge in [-0.05, 0) is 50.7 Å². The molecule has 2 heterocycles. The maximum Gasteiger partial charge on any atom is 0.336 e. The first-order chi connectivity index (χ1) is 13.6. The number of nitrogens with zero attached hydrogens (tertiary/aromatic N) is 1. The highest BCUT2D eigenvalue weighted by Crippen LogP contribution is 2.44. The minimum Gasteiger partial charge on any atom is -0.460 e. The second-order valence-electron chi connectivity index (χ2n) is 7.97. The molecular weight excluding hydrogens is 354 g/mol. The molecule has 0 N–H and O–H groups in total. The fraction of sp³-hybridized carbons (Fsp3) is 0.522. The fourth-order valence-electron chi connectivity index (χ4n) is 4.68. The molecule has 5 heteroatoms. The third kappa shape index (κ3) is 3.55. The molecule has 1 aromatic carbocycles. The molecule has 0 bridgehead atoms. The van der Waals surface area contributed by atoms with Crippen LogP contribution in [-0.2, 0) is 19.1 Å². The quantitative estimate of drug-likeness (QED) is 0.742. The van der Waals surface area contributed by atoms with E-state index in [0.29, 0.717) is 17.7 Å². The van der Waals surface area contributed by atoms with Crippen LogP contribution in [0.15, 0.2) is 40.5 Å². The summed E-state index contributed by atoms with van der Waals surface area (Å²) >= 11 is 0. The molecule has 1 saturated carbocycles. The highest BCUT2D eigenvalue weighted by Gasteiger charge is 2.44. The van der Waals surface area contributed by atoms with Crippen molar-refractivity contribution in [2.24, 2.45) is 10.9 Å². The van der Waals surface area contributed by atoms with Gasteiger partial charge in [0.1, 0.15) is 12.4 Å². The Morgan fingerprint density at radius 1 is 1.18 bits per heavy atom. The lowest BCUT2D eigenvalue weighted by Crippen LogP contribution is -2.39. The van der Waals surface area contributed by atoms with Gasteiger partial charge in [-0.15, -0.1) is 0 Å². The van der Waals surface area contributed by atoms with Crippen LogP contribution in [0.4, 0.5) is 0 Å². The molecule has 1 unspecified atom stereocenters. The second kappa shape index (κ2) is 8.00. The molecule has 148 valence electrons. The van der Waals surface area contributed by atoms with Crippen molar-refractivity contribution < 1.29 is 19.1 Å². The van der Waals surface area contributed by atoms with Gasteiger partial charge in [-0.3, -0.25) is 9.79 Å². The molecular formula is C23H27NO4. The van der Waals surface area contributed by atoms with Crippen molar-refractivity contribution in [3.8, 4) is 0 Å². The number of hydrogen-bond acceptors (Lipinski definition) is 5. The number of rotatable bonds is 4. The average molecular weight is 381 g/mol. The largest absolute Gasteiger partial charge is 0.460 e. The van der Waals surface area contributed by atoms with Crippen molar-refractivity contribution in [1.29, 1.82) is 0 Å². The van der Waals surface area contributed by atoms with E-state index in [-0.39, 0.29) is 36.3 Å². The molecule has 2 fully saturated rings. The summed E-state index contributed by atoms with van der Waals surface area (Å²) in [6.07, 6.45) is 4.08. The number of ether oxygens (including phenoxy) is 2. The maximum atomic E-state index is 13.1. The summed E-state index contributed by atoms with van der Waals surface area (Å²) in [6.45, 7) is 4.86. The zero-order valence-corrected chi connectivity index (χ0v) is 16.6. The Morgan fingerprint density at radius 2 is 2.00 bits per heavy atom. The monoisotopic (exact) mass is 381 g/mol. The highest BCUT2D eigenvalue weighted by atomic mass is 16.6. The van der Waals surface area contributed by atoms with Crippen LogP contribution in [0.1, 0.15) is 56.1 Å².